The highest BCUT2D eigenvalue weighted by Gasteiger charge is 2.33. The van der Waals surface area contributed by atoms with E-state index in [0.29, 0.717) is 11.6 Å². The highest BCUT2D eigenvalue weighted by atomic mass is 32.2. The molecule has 1 fully saturated rings. The van der Waals surface area contributed by atoms with Gasteiger partial charge in [0.2, 0.25) is 0 Å². The molecule has 1 aliphatic rings. The van der Waals surface area contributed by atoms with Gasteiger partial charge in [-0.3, -0.25) is 4.90 Å². The van der Waals surface area contributed by atoms with Crippen LogP contribution >= 0.6 is 11.8 Å². The molecule has 0 aromatic heterocycles. The number of rotatable bonds is 1. The molecule has 15 heavy (non-hydrogen) atoms. The molecule has 0 saturated carbocycles. The monoisotopic (exact) mass is 232 g/mol. The van der Waals surface area contributed by atoms with Crippen LogP contribution in [0.15, 0.2) is 0 Å². The quantitative estimate of drug-likeness (QED) is 0.638. The Labute approximate surface area is 92.8 Å². The Kier molecular flexibility index (Phi) is 3.49. The minimum atomic E-state index is -1.23. The molecule has 1 unspecified atom stereocenters. The van der Waals surface area contributed by atoms with Gasteiger partial charge in [-0.05, 0) is 20.8 Å². The maximum absolute atomic E-state index is 11.6. The fraction of sp³-hybridized carbons (Fsp3) is 0.778. The third-order valence-corrected chi connectivity index (χ3v) is 2.79. The van der Waals surface area contributed by atoms with Crippen LogP contribution in [0.2, 0.25) is 0 Å². The van der Waals surface area contributed by atoms with Crippen molar-refractivity contribution in [2.45, 2.75) is 32.4 Å². The van der Waals surface area contributed by atoms with Gasteiger partial charge in [-0.2, -0.15) is 0 Å². The molecule has 1 rings (SSSR count). The first-order valence-electron chi connectivity index (χ1n) is 4.59. The van der Waals surface area contributed by atoms with E-state index in [1.807, 2.05) is 0 Å². The average molecular weight is 232 g/mol. The molecule has 1 amide bonds. The normalized spacial score (nSPS) is 21.5. The number of hydrogen-bond donors (Lipinski definition) is 0. The SMILES string of the molecule is CC(C)(C)OC(=O)N1CSCC1C(=O)[O-]. The van der Waals surface area contributed by atoms with Gasteiger partial charge in [0.05, 0.1) is 17.9 Å². The molecule has 5 nitrogen and oxygen atoms in total. The van der Waals surface area contributed by atoms with E-state index in [-0.39, 0.29) is 0 Å². The van der Waals surface area contributed by atoms with Crippen LogP contribution in [-0.4, -0.2) is 40.2 Å². The maximum Gasteiger partial charge on any atom is 0.411 e. The molecule has 0 bridgehead atoms. The van der Waals surface area contributed by atoms with Gasteiger partial charge < -0.3 is 14.6 Å². The van der Waals surface area contributed by atoms with Crippen molar-refractivity contribution < 1.29 is 19.4 Å². The van der Waals surface area contributed by atoms with Crippen molar-refractivity contribution >= 4 is 23.8 Å². The number of hydrogen-bond acceptors (Lipinski definition) is 5. The van der Waals surface area contributed by atoms with E-state index in [1.54, 1.807) is 20.8 Å². The molecule has 0 N–H and O–H groups in total. The second-order valence-electron chi connectivity index (χ2n) is 4.28. The fourth-order valence-electron chi connectivity index (χ4n) is 1.14. The summed E-state index contributed by atoms with van der Waals surface area (Å²) < 4.78 is 5.08. The van der Waals surface area contributed by atoms with E-state index < -0.39 is 23.7 Å². The standard InChI is InChI=1S/C9H15NO4S/c1-9(2,3)14-8(13)10-5-15-4-6(10)7(11)12/h6H,4-5H2,1-3H3,(H,11,12)/p-1. The summed E-state index contributed by atoms with van der Waals surface area (Å²) >= 11 is 1.38. The summed E-state index contributed by atoms with van der Waals surface area (Å²) in [5, 5.41) is 10.7. The van der Waals surface area contributed by atoms with Crippen LogP contribution in [0.1, 0.15) is 20.8 Å². The number of amides is 1. The number of carboxylic acids is 1. The van der Waals surface area contributed by atoms with Crippen LogP contribution in [0, 0.1) is 0 Å². The lowest BCUT2D eigenvalue weighted by molar-refractivity contribution is -0.309. The Morgan fingerprint density at radius 1 is 1.47 bits per heavy atom. The first-order chi connectivity index (χ1) is 6.81. The Morgan fingerprint density at radius 2 is 2.07 bits per heavy atom. The van der Waals surface area contributed by atoms with Crippen molar-refractivity contribution in [3.8, 4) is 0 Å². The highest BCUT2D eigenvalue weighted by Crippen LogP contribution is 2.22. The van der Waals surface area contributed by atoms with E-state index in [0.717, 1.165) is 0 Å². The molecule has 0 radical (unpaired) electrons. The lowest BCUT2D eigenvalue weighted by atomic mass is 10.2. The smallest absolute Gasteiger partial charge is 0.411 e. The lowest BCUT2D eigenvalue weighted by Crippen LogP contribution is -2.49. The Hall–Kier alpha value is -0.910. The average Bonchev–Trinajstić information content (AvgIpc) is 2.47. The van der Waals surface area contributed by atoms with Crippen LogP contribution in [0.5, 0.6) is 0 Å². The molecule has 0 aromatic rings. The van der Waals surface area contributed by atoms with Crippen LogP contribution < -0.4 is 5.11 Å². The third kappa shape index (κ3) is 3.30. The third-order valence-electron chi connectivity index (χ3n) is 1.78. The minimum absolute atomic E-state index is 0.341. The highest BCUT2D eigenvalue weighted by molar-refractivity contribution is 7.99. The van der Waals surface area contributed by atoms with E-state index >= 15 is 0 Å². The number of carboxylic acid groups (broad SMARTS) is 1. The van der Waals surface area contributed by atoms with Gasteiger partial charge in [0, 0.05) is 5.75 Å². The molecule has 1 atom stereocenters. The van der Waals surface area contributed by atoms with E-state index in [1.165, 1.54) is 16.7 Å². The Balaban J connectivity index is 2.63. The van der Waals surface area contributed by atoms with Gasteiger partial charge in [0.25, 0.3) is 0 Å². The zero-order chi connectivity index (χ0) is 11.6. The summed E-state index contributed by atoms with van der Waals surface area (Å²) in [5.41, 5.74) is -0.610. The predicted molar refractivity (Wildman–Crippen MR) is 54.2 cm³/mol. The molecule has 0 spiro atoms. The summed E-state index contributed by atoms with van der Waals surface area (Å²) in [6.07, 6.45) is -0.596. The van der Waals surface area contributed by atoms with Gasteiger partial charge in [-0.25, -0.2) is 4.79 Å². The molecule has 86 valence electrons. The first-order valence-corrected chi connectivity index (χ1v) is 5.75. The second-order valence-corrected chi connectivity index (χ2v) is 5.28. The molecule has 6 heteroatoms. The van der Waals surface area contributed by atoms with Crippen molar-refractivity contribution in [2.24, 2.45) is 0 Å². The lowest BCUT2D eigenvalue weighted by Gasteiger charge is -2.28. The fourth-order valence-corrected chi connectivity index (χ4v) is 2.27. The largest absolute Gasteiger partial charge is 0.548 e. The van der Waals surface area contributed by atoms with E-state index in [2.05, 4.69) is 0 Å². The Morgan fingerprint density at radius 3 is 2.53 bits per heavy atom. The van der Waals surface area contributed by atoms with Crippen LogP contribution in [0.3, 0.4) is 0 Å². The number of carbonyl (C=O) groups excluding carboxylic acids is 2. The van der Waals surface area contributed by atoms with Crippen molar-refractivity contribution in [3.05, 3.63) is 0 Å². The molecule has 0 aromatic carbocycles. The Bertz CT molecular complexity index is 274. The zero-order valence-corrected chi connectivity index (χ0v) is 9.80. The summed E-state index contributed by atoms with van der Waals surface area (Å²) in [4.78, 5) is 23.5. The van der Waals surface area contributed by atoms with Crippen LogP contribution in [-0.2, 0) is 9.53 Å². The molecule has 1 aliphatic heterocycles. The maximum atomic E-state index is 11.6. The van der Waals surface area contributed by atoms with E-state index in [4.69, 9.17) is 4.74 Å². The van der Waals surface area contributed by atoms with Gasteiger partial charge in [-0.1, -0.05) is 0 Å². The van der Waals surface area contributed by atoms with Gasteiger partial charge in [0.15, 0.2) is 0 Å². The molecular weight excluding hydrogens is 218 g/mol. The van der Waals surface area contributed by atoms with Gasteiger partial charge >= 0.3 is 6.09 Å². The topological polar surface area (TPSA) is 69.7 Å². The predicted octanol–water partition coefficient (Wildman–Crippen LogP) is 0.0463. The number of nitrogens with zero attached hydrogens (tertiary/aromatic N) is 1. The number of carbonyl (C=O) groups is 2. The van der Waals surface area contributed by atoms with Crippen molar-refractivity contribution in [1.29, 1.82) is 0 Å². The summed E-state index contributed by atoms with van der Waals surface area (Å²) in [5.74, 6) is -0.527. The van der Waals surface area contributed by atoms with E-state index in [9.17, 15) is 14.7 Å². The number of ether oxygens (including phenoxy) is 1. The number of thioether (sulfide) groups is 1. The minimum Gasteiger partial charge on any atom is -0.548 e. The van der Waals surface area contributed by atoms with Crippen molar-refractivity contribution in [3.63, 3.8) is 0 Å². The first kappa shape index (κ1) is 12.2. The van der Waals surface area contributed by atoms with Crippen molar-refractivity contribution in [1.82, 2.24) is 4.90 Å². The van der Waals surface area contributed by atoms with Gasteiger partial charge in [0.1, 0.15) is 5.60 Å². The second kappa shape index (κ2) is 4.30. The molecular formula is C9H14NO4S-. The summed E-state index contributed by atoms with van der Waals surface area (Å²) in [6, 6.07) is -0.871. The molecule has 1 saturated heterocycles. The molecule has 1 heterocycles. The summed E-state index contributed by atoms with van der Waals surface area (Å²) in [6.45, 7) is 5.21. The van der Waals surface area contributed by atoms with Gasteiger partial charge in [-0.15, -0.1) is 11.8 Å². The zero-order valence-electron chi connectivity index (χ0n) is 8.98. The molecule has 0 aliphatic carbocycles. The summed E-state index contributed by atoms with van der Waals surface area (Å²) in [7, 11) is 0. The van der Waals surface area contributed by atoms with Crippen LogP contribution in [0.25, 0.3) is 0 Å². The van der Waals surface area contributed by atoms with Crippen molar-refractivity contribution in [2.75, 3.05) is 11.6 Å². The number of aliphatic carboxylic acids is 1. The van der Waals surface area contributed by atoms with Crippen LogP contribution in [0.4, 0.5) is 4.79 Å².